The Labute approximate surface area is 238 Å². The van der Waals surface area contributed by atoms with Gasteiger partial charge < -0.3 is 25.0 Å². The van der Waals surface area contributed by atoms with E-state index in [0.29, 0.717) is 63.9 Å². The molecule has 0 radical (unpaired) electrons. The monoisotopic (exact) mass is 558 g/mol. The molecule has 9 nitrogen and oxygen atoms in total. The van der Waals surface area contributed by atoms with Crippen molar-refractivity contribution in [2.45, 2.75) is 31.9 Å². The molecule has 4 aromatic rings. The third-order valence-electron chi connectivity index (χ3n) is 6.86. The number of anilines is 3. The number of carbonyl (C=O) groups is 1. The van der Waals surface area contributed by atoms with E-state index < -0.39 is 0 Å². The molecule has 40 heavy (non-hydrogen) atoms. The lowest BCUT2D eigenvalue weighted by Crippen LogP contribution is -2.26. The van der Waals surface area contributed by atoms with Crippen molar-refractivity contribution in [2.75, 3.05) is 30.8 Å². The number of ether oxygens (including phenoxy) is 2. The Morgan fingerprint density at radius 2 is 2.05 bits per heavy atom. The lowest BCUT2D eigenvalue weighted by atomic mass is 10.1. The summed E-state index contributed by atoms with van der Waals surface area (Å²) < 4.78 is 12.0. The maximum atomic E-state index is 12.2. The van der Waals surface area contributed by atoms with Gasteiger partial charge in [-0.2, -0.15) is 0 Å². The summed E-state index contributed by atoms with van der Waals surface area (Å²) in [5, 5.41) is 7.31. The molecule has 0 unspecified atom stereocenters. The van der Waals surface area contributed by atoms with E-state index in [9.17, 15) is 4.79 Å². The minimum absolute atomic E-state index is 0.310. The number of halogens is 1. The fraction of sp³-hybridized carbons (Fsp3) is 0.267. The van der Waals surface area contributed by atoms with Gasteiger partial charge in [-0.25, -0.2) is 9.97 Å². The average Bonchev–Trinajstić information content (AvgIpc) is 3.38. The lowest BCUT2D eigenvalue weighted by Gasteiger charge is -2.20. The smallest absolute Gasteiger partial charge is 0.247 e. The van der Waals surface area contributed by atoms with Crippen molar-refractivity contribution in [1.29, 1.82) is 0 Å². The minimum Gasteiger partial charge on any atom is -0.491 e. The normalized spacial score (nSPS) is 15.1. The van der Waals surface area contributed by atoms with Gasteiger partial charge >= 0.3 is 0 Å². The first-order chi connectivity index (χ1) is 19.5. The average molecular weight is 559 g/mol. The molecule has 2 aromatic carbocycles. The molecular formula is C30H31ClN6O3. The van der Waals surface area contributed by atoms with Crippen molar-refractivity contribution in [1.82, 2.24) is 19.9 Å². The standard InChI is InChI=1S/C30H31ClN6O3/c1-3-29(38)36-26-16-23-25(17-28(26)39-14-11-22-8-6-13-37(22)2)33-19-34-30(23)35-20-9-10-27(24(31)15-20)40-18-21-7-4-5-12-32-21/h3-5,7,9-10,12,15-17,19,22H,1,6,8,11,13-14,18H2,2H3,(H,36,38)(H,33,34,35)/t22-/m0/s1. The summed E-state index contributed by atoms with van der Waals surface area (Å²) in [5.74, 6) is 1.31. The van der Waals surface area contributed by atoms with Crippen LogP contribution in [0.5, 0.6) is 11.5 Å². The lowest BCUT2D eigenvalue weighted by molar-refractivity contribution is -0.111. The van der Waals surface area contributed by atoms with Gasteiger partial charge in [0, 0.05) is 29.4 Å². The SMILES string of the molecule is C=CC(=O)Nc1cc2c(Nc3ccc(OCc4ccccn4)c(Cl)c3)ncnc2cc1OCC[C@@H]1CCCN1C. The Morgan fingerprint density at radius 1 is 1.15 bits per heavy atom. The maximum absolute atomic E-state index is 12.2. The van der Waals surface area contributed by atoms with Gasteiger partial charge in [-0.3, -0.25) is 9.78 Å². The first-order valence-corrected chi connectivity index (χ1v) is 13.5. The molecule has 10 heteroatoms. The molecule has 5 rings (SSSR count). The number of hydrogen-bond acceptors (Lipinski definition) is 8. The predicted octanol–water partition coefficient (Wildman–Crippen LogP) is 5.99. The Hall–Kier alpha value is -4.21. The van der Waals surface area contributed by atoms with Crippen molar-refractivity contribution in [2.24, 2.45) is 0 Å². The predicted molar refractivity (Wildman–Crippen MR) is 157 cm³/mol. The highest BCUT2D eigenvalue weighted by Crippen LogP contribution is 2.35. The Balaban J connectivity index is 1.35. The van der Waals surface area contributed by atoms with Crippen LogP contribution in [-0.4, -0.2) is 52.0 Å². The number of rotatable bonds is 11. The van der Waals surface area contributed by atoms with E-state index in [1.807, 2.05) is 36.4 Å². The van der Waals surface area contributed by atoms with Crippen LogP contribution in [0.15, 0.2) is 73.7 Å². The number of benzene rings is 2. The van der Waals surface area contributed by atoms with Crippen LogP contribution in [0.3, 0.4) is 0 Å². The van der Waals surface area contributed by atoms with Gasteiger partial charge in [-0.1, -0.05) is 24.2 Å². The fourth-order valence-electron chi connectivity index (χ4n) is 4.70. The van der Waals surface area contributed by atoms with Gasteiger partial charge in [-0.05, 0) is 75.3 Å². The third kappa shape index (κ3) is 6.67. The van der Waals surface area contributed by atoms with Crippen LogP contribution in [0.25, 0.3) is 10.9 Å². The molecule has 3 heterocycles. The molecule has 1 aliphatic heterocycles. The van der Waals surface area contributed by atoms with Gasteiger partial charge in [0.1, 0.15) is 30.3 Å². The molecule has 1 aliphatic rings. The number of nitrogens with one attached hydrogen (secondary N) is 2. The number of fused-ring (bicyclic) bond motifs is 1. The summed E-state index contributed by atoms with van der Waals surface area (Å²) in [4.78, 5) is 27.7. The van der Waals surface area contributed by atoms with Crippen LogP contribution in [0.4, 0.5) is 17.2 Å². The number of amides is 1. The summed E-state index contributed by atoms with van der Waals surface area (Å²) in [6.07, 6.45) is 7.70. The van der Waals surface area contributed by atoms with Crippen molar-refractivity contribution in [3.05, 3.63) is 84.4 Å². The molecule has 0 bridgehead atoms. The largest absolute Gasteiger partial charge is 0.491 e. The number of nitrogens with zero attached hydrogens (tertiary/aromatic N) is 4. The first kappa shape index (κ1) is 27.4. The minimum atomic E-state index is -0.334. The summed E-state index contributed by atoms with van der Waals surface area (Å²) in [5.41, 5.74) is 2.71. The van der Waals surface area contributed by atoms with Crippen molar-refractivity contribution in [3.8, 4) is 11.5 Å². The van der Waals surface area contributed by atoms with Crippen LogP contribution in [0.2, 0.25) is 5.02 Å². The van der Waals surface area contributed by atoms with E-state index >= 15 is 0 Å². The molecule has 1 amide bonds. The molecule has 1 atom stereocenters. The second kappa shape index (κ2) is 12.8. The van der Waals surface area contributed by atoms with E-state index in [-0.39, 0.29) is 5.91 Å². The van der Waals surface area contributed by atoms with E-state index in [2.05, 4.69) is 44.1 Å². The van der Waals surface area contributed by atoms with Crippen LogP contribution in [-0.2, 0) is 11.4 Å². The van der Waals surface area contributed by atoms with Crippen LogP contribution >= 0.6 is 11.6 Å². The topological polar surface area (TPSA) is 102 Å². The molecule has 1 fully saturated rings. The molecule has 2 aromatic heterocycles. The van der Waals surface area contributed by atoms with E-state index in [4.69, 9.17) is 21.1 Å². The molecule has 0 saturated carbocycles. The zero-order chi connectivity index (χ0) is 27.9. The second-order valence-electron chi connectivity index (χ2n) is 9.57. The van der Waals surface area contributed by atoms with Crippen molar-refractivity contribution >= 4 is 45.6 Å². The summed E-state index contributed by atoms with van der Waals surface area (Å²) in [6.45, 7) is 5.52. The van der Waals surface area contributed by atoms with E-state index in [1.54, 1.807) is 18.3 Å². The van der Waals surface area contributed by atoms with Gasteiger partial charge in [0.15, 0.2) is 0 Å². The van der Waals surface area contributed by atoms with Crippen LogP contribution < -0.4 is 20.1 Å². The summed E-state index contributed by atoms with van der Waals surface area (Å²) in [7, 11) is 2.14. The van der Waals surface area contributed by atoms with Gasteiger partial charge in [0.2, 0.25) is 5.91 Å². The van der Waals surface area contributed by atoms with Gasteiger partial charge in [0.05, 0.1) is 28.5 Å². The fourth-order valence-corrected chi connectivity index (χ4v) is 4.94. The van der Waals surface area contributed by atoms with Gasteiger partial charge in [0.25, 0.3) is 0 Å². The third-order valence-corrected chi connectivity index (χ3v) is 7.15. The zero-order valence-electron chi connectivity index (χ0n) is 22.3. The molecule has 206 valence electrons. The quantitative estimate of drug-likeness (QED) is 0.216. The van der Waals surface area contributed by atoms with Crippen molar-refractivity contribution < 1.29 is 14.3 Å². The molecular weight excluding hydrogens is 528 g/mol. The Bertz CT molecular complexity index is 1500. The van der Waals surface area contributed by atoms with E-state index in [0.717, 1.165) is 18.7 Å². The van der Waals surface area contributed by atoms with Crippen LogP contribution in [0, 0.1) is 0 Å². The number of carbonyl (C=O) groups excluding carboxylic acids is 1. The molecule has 1 saturated heterocycles. The number of pyridine rings is 1. The second-order valence-corrected chi connectivity index (χ2v) is 9.98. The summed E-state index contributed by atoms with van der Waals surface area (Å²) in [6, 6.07) is 15.2. The Morgan fingerprint density at radius 3 is 2.80 bits per heavy atom. The number of aromatic nitrogens is 3. The Kier molecular flexibility index (Phi) is 8.73. The maximum Gasteiger partial charge on any atom is 0.247 e. The molecule has 0 spiro atoms. The highest BCUT2D eigenvalue weighted by atomic mass is 35.5. The summed E-state index contributed by atoms with van der Waals surface area (Å²) >= 11 is 6.51. The first-order valence-electron chi connectivity index (χ1n) is 13.1. The highest BCUT2D eigenvalue weighted by Gasteiger charge is 2.21. The van der Waals surface area contributed by atoms with Gasteiger partial charge in [-0.15, -0.1) is 0 Å². The zero-order valence-corrected chi connectivity index (χ0v) is 23.0. The molecule has 2 N–H and O–H groups in total. The molecule has 0 aliphatic carbocycles. The van der Waals surface area contributed by atoms with E-state index in [1.165, 1.54) is 25.2 Å². The van der Waals surface area contributed by atoms with Crippen molar-refractivity contribution in [3.63, 3.8) is 0 Å². The number of hydrogen-bond donors (Lipinski definition) is 2. The highest BCUT2D eigenvalue weighted by molar-refractivity contribution is 6.32. The number of likely N-dealkylation sites (tertiary alicyclic amines) is 1. The van der Waals surface area contributed by atoms with Crippen LogP contribution in [0.1, 0.15) is 25.0 Å².